The van der Waals surface area contributed by atoms with E-state index in [0.717, 1.165) is 4.88 Å². The summed E-state index contributed by atoms with van der Waals surface area (Å²) in [6.07, 6.45) is 1.70. The number of hydrogen-bond donors (Lipinski definition) is 2. The van der Waals surface area contributed by atoms with E-state index in [2.05, 4.69) is 15.2 Å². The highest BCUT2D eigenvalue weighted by atomic mass is 32.2. The highest BCUT2D eigenvalue weighted by Crippen LogP contribution is 2.27. The number of carbonyl (C=O) groups is 2. The number of H-pyrrole nitrogens is 1. The molecule has 0 saturated heterocycles. The minimum absolute atomic E-state index is 0.0285. The average molecular weight is 347 g/mol. The van der Waals surface area contributed by atoms with Crippen molar-refractivity contribution in [2.45, 2.75) is 11.7 Å². The number of primary amides is 1. The molecule has 0 spiro atoms. The number of carbonyl (C=O) groups excluding carboxylic acids is 2. The average Bonchev–Trinajstić information content (AvgIpc) is 3.26. The topological polar surface area (TPSA) is 107 Å². The number of nitrogens with one attached hydrogen (secondary N) is 1. The molecule has 0 aliphatic carbocycles. The second-order valence-corrected chi connectivity index (χ2v) is 6.52. The van der Waals surface area contributed by atoms with Gasteiger partial charge in [-0.2, -0.15) is 0 Å². The Morgan fingerprint density at radius 2 is 2.17 bits per heavy atom. The molecule has 1 amide bonds. The van der Waals surface area contributed by atoms with Crippen LogP contribution in [0.2, 0.25) is 0 Å². The highest BCUT2D eigenvalue weighted by molar-refractivity contribution is 7.99. The van der Waals surface area contributed by atoms with Gasteiger partial charge < -0.3 is 10.7 Å². The molecule has 118 valence electrons. The molecule has 3 aromatic rings. The van der Waals surface area contributed by atoms with Crippen LogP contribution in [0.25, 0.3) is 10.7 Å². The first-order valence-electron chi connectivity index (χ1n) is 6.70. The van der Waals surface area contributed by atoms with Crippen molar-refractivity contribution in [3.63, 3.8) is 0 Å². The predicted octanol–water partition coefficient (Wildman–Crippen LogP) is 1.79. The molecule has 7 nitrogen and oxygen atoms in total. The molecule has 0 fully saturated rings. The van der Waals surface area contributed by atoms with E-state index in [1.165, 1.54) is 23.1 Å². The van der Waals surface area contributed by atoms with Gasteiger partial charge in [-0.25, -0.2) is 0 Å². The minimum atomic E-state index is -0.486. The van der Waals surface area contributed by atoms with Gasteiger partial charge in [-0.05, 0) is 23.6 Å². The van der Waals surface area contributed by atoms with Crippen molar-refractivity contribution in [3.05, 3.63) is 41.5 Å². The zero-order valence-corrected chi connectivity index (χ0v) is 13.6. The number of Topliss-reactive ketones (excluding diaryl/α,β-unsaturated/α-hetero) is 1. The monoisotopic (exact) mass is 347 g/mol. The van der Waals surface area contributed by atoms with Gasteiger partial charge in [-0.1, -0.05) is 17.8 Å². The molecule has 0 saturated carbocycles. The van der Waals surface area contributed by atoms with Crippen LogP contribution < -0.4 is 5.73 Å². The van der Waals surface area contributed by atoms with Gasteiger partial charge in [0.05, 0.1) is 16.3 Å². The number of hydrogen-bond acceptors (Lipinski definition) is 6. The second-order valence-electron chi connectivity index (χ2n) is 4.63. The summed E-state index contributed by atoms with van der Waals surface area (Å²) in [7, 11) is 0. The molecule has 9 heteroatoms. The van der Waals surface area contributed by atoms with Crippen molar-refractivity contribution < 1.29 is 9.59 Å². The van der Waals surface area contributed by atoms with Crippen LogP contribution in [0.15, 0.2) is 41.0 Å². The zero-order valence-electron chi connectivity index (χ0n) is 11.9. The summed E-state index contributed by atoms with van der Waals surface area (Å²) >= 11 is 2.73. The van der Waals surface area contributed by atoms with E-state index in [1.807, 2.05) is 17.5 Å². The number of amides is 1. The first kappa shape index (κ1) is 15.5. The second kappa shape index (κ2) is 6.80. The van der Waals surface area contributed by atoms with Crippen LogP contribution in [0.3, 0.4) is 0 Å². The van der Waals surface area contributed by atoms with Gasteiger partial charge >= 0.3 is 0 Å². The quantitative estimate of drug-likeness (QED) is 0.500. The Labute approximate surface area is 139 Å². The van der Waals surface area contributed by atoms with Gasteiger partial charge in [0.2, 0.25) is 5.91 Å². The molecule has 0 aromatic carbocycles. The highest BCUT2D eigenvalue weighted by Gasteiger charge is 2.18. The van der Waals surface area contributed by atoms with Crippen LogP contribution in [0.1, 0.15) is 10.5 Å². The molecule has 0 aliphatic heterocycles. The lowest BCUT2D eigenvalue weighted by molar-refractivity contribution is -0.118. The van der Waals surface area contributed by atoms with Crippen molar-refractivity contribution >= 4 is 34.8 Å². The number of aromatic nitrogens is 4. The molecule has 0 atom stereocenters. The van der Waals surface area contributed by atoms with E-state index < -0.39 is 5.91 Å². The maximum absolute atomic E-state index is 12.0. The first-order chi connectivity index (χ1) is 11.1. The summed E-state index contributed by atoms with van der Waals surface area (Å²) in [5, 5.41) is 10.6. The molecule has 0 bridgehead atoms. The Balaban J connectivity index is 1.81. The van der Waals surface area contributed by atoms with E-state index in [0.29, 0.717) is 16.7 Å². The van der Waals surface area contributed by atoms with E-state index in [4.69, 9.17) is 5.73 Å². The number of thiophene rings is 1. The normalized spacial score (nSPS) is 10.8. The minimum Gasteiger partial charge on any atom is -0.368 e. The Morgan fingerprint density at radius 1 is 1.30 bits per heavy atom. The van der Waals surface area contributed by atoms with E-state index in [1.54, 1.807) is 22.9 Å². The SMILES string of the molecule is NC(=O)Cn1c(SCC(=O)c2ccc[nH]2)nnc1-c1cccs1. The van der Waals surface area contributed by atoms with Gasteiger partial charge in [-0.15, -0.1) is 21.5 Å². The third-order valence-electron chi connectivity index (χ3n) is 3.00. The predicted molar refractivity (Wildman–Crippen MR) is 88.4 cm³/mol. The Hall–Kier alpha value is -2.39. The zero-order chi connectivity index (χ0) is 16.2. The summed E-state index contributed by atoms with van der Waals surface area (Å²) in [4.78, 5) is 27.1. The number of nitrogens with two attached hydrogens (primary N) is 1. The van der Waals surface area contributed by atoms with Crippen LogP contribution in [0.4, 0.5) is 0 Å². The standard InChI is InChI=1S/C14H13N5O2S2/c15-12(21)7-19-13(11-4-2-6-22-11)17-18-14(19)23-8-10(20)9-3-1-5-16-9/h1-6,16H,7-8H2,(H2,15,21). The summed E-state index contributed by atoms with van der Waals surface area (Å²) in [6.45, 7) is -0.0285. The number of rotatable bonds is 7. The smallest absolute Gasteiger partial charge is 0.237 e. The fraction of sp³-hybridized carbons (Fsp3) is 0.143. The fourth-order valence-corrected chi connectivity index (χ4v) is 3.53. The van der Waals surface area contributed by atoms with Crippen molar-refractivity contribution in [2.24, 2.45) is 5.73 Å². The number of ketones is 1. The summed E-state index contributed by atoms with van der Waals surface area (Å²) in [5.74, 6) is 0.238. The summed E-state index contributed by atoms with van der Waals surface area (Å²) in [5.41, 5.74) is 5.85. The molecule has 3 aromatic heterocycles. The van der Waals surface area contributed by atoms with Crippen molar-refractivity contribution in [2.75, 3.05) is 5.75 Å². The van der Waals surface area contributed by atoms with Gasteiger partial charge in [0.1, 0.15) is 6.54 Å². The van der Waals surface area contributed by atoms with Gasteiger partial charge in [0.25, 0.3) is 0 Å². The van der Waals surface area contributed by atoms with Gasteiger partial charge in [0.15, 0.2) is 16.8 Å². The molecule has 3 N–H and O–H groups in total. The van der Waals surface area contributed by atoms with Crippen LogP contribution in [0, 0.1) is 0 Å². The van der Waals surface area contributed by atoms with Gasteiger partial charge in [-0.3, -0.25) is 14.2 Å². The Bertz CT molecular complexity index is 808. The summed E-state index contributed by atoms with van der Waals surface area (Å²) in [6, 6.07) is 7.27. The van der Waals surface area contributed by atoms with Crippen LogP contribution in [-0.2, 0) is 11.3 Å². The molecule has 0 aliphatic rings. The van der Waals surface area contributed by atoms with E-state index in [-0.39, 0.29) is 18.1 Å². The van der Waals surface area contributed by atoms with Crippen LogP contribution in [0.5, 0.6) is 0 Å². The molecule has 23 heavy (non-hydrogen) atoms. The third-order valence-corrected chi connectivity index (χ3v) is 4.84. The fourth-order valence-electron chi connectivity index (χ4n) is 1.99. The van der Waals surface area contributed by atoms with E-state index >= 15 is 0 Å². The van der Waals surface area contributed by atoms with Crippen molar-refractivity contribution in [3.8, 4) is 10.7 Å². The van der Waals surface area contributed by atoms with Crippen LogP contribution in [-0.4, -0.2) is 37.2 Å². The molecule has 0 radical (unpaired) electrons. The molecular weight excluding hydrogens is 334 g/mol. The summed E-state index contributed by atoms with van der Waals surface area (Å²) < 4.78 is 1.64. The van der Waals surface area contributed by atoms with Gasteiger partial charge in [0, 0.05) is 6.20 Å². The Morgan fingerprint density at radius 3 is 2.83 bits per heavy atom. The lowest BCUT2D eigenvalue weighted by Gasteiger charge is -2.06. The van der Waals surface area contributed by atoms with Crippen molar-refractivity contribution in [1.82, 2.24) is 19.7 Å². The van der Waals surface area contributed by atoms with Crippen LogP contribution >= 0.6 is 23.1 Å². The number of thioether (sulfide) groups is 1. The number of aromatic amines is 1. The number of nitrogens with zero attached hydrogens (tertiary/aromatic N) is 3. The Kier molecular flexibility index (Phi) is 4.58. The first-order valence-corrected chi connectivity index (χ1v) is 8.56. The molecule has 0 unspecified atom stereocenters. The lowest BCUT2D eigenvalue weighted by atomic mass is 10.3. The maximum atomic E-state index is 12.0. The molecule has 3 rings (SSSR count). The van der Waals surface area contributed by atoms with E-state index in [9.17, 15) is 9.59 Å². The third kappa shape index (κ3) is 3.51. The molecular formula is C14H13N5O2S2. The maximum Gasteiger partial charge on any atom is 0.237 e. The van der Waals surface area contributed by atoms with Crippen molar-refractivity contribution in [1.29, 1.82) is 0 Å². The molecule has 3 heterocycles. The largest absolute Gasteiger partial charge is 0.368 e. The lowest BCUT2D eigenvalue weighted by Crippen LogP contribution is -2.20.